The quantitative estimate of drug-likeness (QED) is 0.530. The second-order valence-electron chi connectivity index (χ2n) is 6.02. The molecule has 0 saturated carbocycles. The fourth-order valence-electron chi connectivity index (χ4n) is 2.92. The third-order valence-corrected chi connectivity index (χ3v) is 4.19. The Kier molecular flexibility index (Phi) is 8.80. The van der Waals surface area contributed by atoms with Gasteiger partial charge in [-0.3, -0.25) is 0 Å². The zero-order chi connectivity index (χ0) is 15.5. The van der Waals surface area contributed by atoms with Crippen molar-refractivity contribution in [3.8, 4) is 0 Å². The van der Waals surface area contributed by atoms with Crippen molar-refractivity contribution in [3.05, 3.63) is 35.4 Å². The summed E-state index contributed by atoms with van der Waals surface area (Å²) >= 11 is 0. The Hall–Kier alpha value is -1.31. The van der Waals surface area contributed by atoms with Gasteiger partial charge in [0, 0.05) is 0 Å². The van der Waals surface area contributed by atoms with Crippen LogP contribution in [0.2, 0.25) is 0 Å². The monoisotopic (exact) mass is 290 g/mol. The first-order valence-electron chi connectivity index (χ1n) is 8.50. The summed E-state index contributed by atoms with van der Waals surface area (Å²) in [5, 5.41) is 9.30. The van der Waals surface area contributed by atoms with Crippen LogP contribution in [-0.4, -0.2) is 11.1 Å². The molecule has 118 valence electrons. The molecule has 0 radical (unpaired) electrons. The van der Waals surface area contributed by atoms with Crippen LogP contribution in [0.4, 0.5) is 0 Å². The molecule has 1 aromatic carbocycles. The highest BCUT2D eigenvalue weighted by Gasteiger charge is 2.14. The van der Waals surface area contributed by atoms with Gasteiger partial charge in [0.2, 0.25) is 0 Å². The van der Waals surface area contributed by atoms with Crippen LogP contribution in [0.25, 0.3) is 0 Å². The Balaban J connectivity index is 2.64. The second-order valence-corrected chi connectivity index (χ2v) is 6.02. The molecule has 0 aromatic heterocycles. The smallest absolute Gasteiger partial charge is 0.335 e. The maximum Gasteiger partial charge on any atom is 0.335 e. The summed E-state index contributed by atoms with van der Waals surface area (Å²) in [6.07, 6.45) is 11.0. The Morgan fingerprint density at radius 1 is 1.00 bits per heavy atom. The van der Waals surface area contributed by atoms with E-state index in [1.165, 1.54) is 51.4 Å². The van der Waals surface area contributed by atoms with Gasteiger partial charge in [0.1, 0.15) is 0 Å². The van der Waals surface area contributed by atoms with Gasteiger partial charge in [-0.05, 0) is 24.0 Å². The van der Waals surface area contributed by atoms with Gasteiger partial charge >= 0.3 is 5.97 Å². The molecule has 0 heterocycles. The zero-order valence-corrected chi connectivity index (χ0v) is 13.6. The van der Waals surface area contributed by atoms with Gasteiger partial charge < -0.3 is 5.11 Å². The summed E-state index contributed by atoms with van der Waals surface area (Å²) in [6.45, 7) is 4.46. The molecule has 1 rings (SSSR count). The molecular weight excluding hydrogens is 260 g/mol. The predicted molar refractivity (Wildman–Crippen MR) is 88.9 cm³/mol. The van der Waals surface area contributed by atoms with Gasteiger partial charge in [0.25, 0.3) is 0 Å². The highest BCUT2D eigenvalue weighted by molar-refractivity contribution is 5.89. The van der Waals surface area contributed by atoms with E-state index in [2.05, 4.69) is 13.8 Å². The molecule has 0 aliphatic carbocycles. The largest absolute Gasteiger partial charge is 0.478 e. The Morgan fingerprint density at radius 3 is 2.33 bits per heavy atom. The maximum atomic E-state index is 11.3. The Labute approximate surface area is 129 Å². The molecule has 1 atom stereocenters. The minimum Gasteiger partial charge on any atom is -0.478 e. The average Bonchev–Trinajstić information content (AvgIpc) is 2.49. The molecule has 0 aliphatic heterocycles. The fourth-order valence-corrected chi connectivity index (χ4v) is 2.92. The van der Waals surface area contributed by atoms with E-state index in [-0.39, 0.29) is 0 Å². The van der Waals surface area contributed by atoms with Gasteiger partial charge in [-0.2, -0.15) is 0 Å². The van der Waals surface area contributed by atoms with Crippen molar-refractivity contribution in [2.24, 2.45) is 5.92 Å². The van der Waals surface area contributed by atoms with Crippen molar-refractivity contribution in [3.63, 3.8) is 0 Å². The van der Waals surface area contributed by atoms with Crippen LogP contribution in [0, 0.1) is 5.92 Å². The zero-order valence-electron chi connectivity index (χ0n) is 13.6. The number of carboxylic acids is 1. The van der Waals surface area contributed by atoms with Gasteiger partial charge in [-0.1, -0.05) is 83.4 Å². The SMILES string of the molecule is CCCCCCC(CCCC)Cc1ccccc1C(=O)O. The lowest BCUT2D eigenvalue weighted by molar-refractivity contribution is 0.0695. The van der Waals surface area contributed by atoms with E-state index >= 15 is 0 Å². The van der Waals surface area contributed by atoms with Crippen LogP contribution >= 0.6 is 0 Å². The average molecular weight is 290 g/mol. The third kappa shape index (κ3) is 6.79. The summed E-state index contributed by atoms with van der Waals surface area (Å²) in [5.41, 5.74) is 1.48. The van der Waals surface area contributed by atoms with Crippen LogP contribution in [0.5, 0.6) is 0 Å². The third-order valence-electron chi connectivity index (χ3n) is 4.19. The van der Waals surface area contributed by atoms with Crippen molar-refractivity contribution < 1.29 is 9.90 Å². The molecule has 0 spiro atoms. The minimum absolute atomic E-state index is 0.479. The first-order chi connectivity index (χ1) is 10.2. The van der Waals surface area contributed by atoms with E-state index in [1.54, 1.807) is 6.07 Å². The van der Waals surface area contributed by atoms with Crippen molar-refractivity contribution in [2.75, 3.05) is 0 Å². The molecule has 0 bridgehead atoms. The number of benzene rings is 1. The number of hydrogen-bond acceptors (Lipinski definition) is 1. The number of carbonyl (C=O) groups is 1. The molecule has 2 nitrogen and oxygen atoms in total. The number of unbranched alkanes of at least 4 members (excludes halogenated alkanes) is 4. The molecule has 1 aromatic rings. The normalized spacial score (nSPS) is 12.3. The van der Waals surface area contributed by atoms with Gasteiger partial charge in [-0.25, -0.2) is 4.79 Å². The van der Waals surface area contributed by atoms with Crippen LogP contribution < -0.4 is 0 Å². The number of hydrogen-bond donors (Lipinski definition) is 1. The highest BCUT2D eigenvalue weighted by Crippen LogP contribution is 2.23. The topological polar surface area (TPSA) is 37.3 Å². The summed E-state index contributed by atoms with van der Waals surface area (Å²) in [7, 11) is 0. The number of rotatable bonds is 11. The van der Waals surface area contributed by atoms with E-state index in [0.29, 0.717) is 11.5 Å². The molecule has 1 N–H and O–H groups in total. The molecule has 0 amide bonds. The molecule has 0 saturated heterocycles. The summed E-state index contributed by atoms with van der Waals surface area (Å²) in [5.74, 6) is -0.173. The van der Waals surface area contributed by atoms with Crippen molar-refractivity contribution >= 4 is 5.97 Å². The van der Waals surface area contributed by atoms with Gasteiger partial charge in [0.05, 0.1) is 5.56 Å². The standard InChI is InChI=1S/C19H30O2/c1-3-5-7-8-12-16(11-6-4-2)15-17-13-9-10-14-18(17)19(20)21/h9-10,13-14,16H,3-8,11-12,15H2,1-2H3,(H,20,21). The number of aromatic carboxylic acids is 1. The predicted octanol–water partition coefficient (Wildman–Crippen LogP) is 5.70. The molecule has 0 aliphatic rings. The molecule has 2 heteroatoms. The lowest BCUT2D eigenvalue weighted by Crippen LogP contribution is -2.09. The van der Waals surface area contributed by atoms with Crippen LogP contribution in [0.1, 0.15) is 81.1 Å². The van der Waals surface area contributed by atoms with E-state index in [1.807, 2.05) is 18.2 Å². The second kappa shape index (κ2) is 10.4. The van der Waals surface area contributed by atoms with Crippen molar-refractivity contribution in [2.45, 2.75) is 71.6 Å². The maximum absolute atomic E-state index is 11.3. The summed E-state index contributed by atoms with van der Waals surface area (Å²) in [4.78, 5) is 11.3. The van der Waals surface area contributed by atoms with E-state index in [0.717, 1.165) is 12.0 Å². The van der Waals surface area contributed by atoms with E-state index in [9.17, 15) is 9.90 Å². The van der Waals surface area contributed by atoms with Crippen LogP contribution in [0.3, 0.4) is 0 Å². The Morgan fingerprint density at radius 2 is 1.67 bits per heavy atom. The van der Waals surface area contributed by atoms with E-state index in [4.69, 9.17) is 0 Å². The summed E-state index contributed by atoms with van der Waals surface area (Å²) in [6, 6.07) is 7.48. The van der Waals surface area contributed by atoms with Gasteiger partial charge in [-0.15, -0.1) is 0 Å². The lowest BCUT2D eigenvalue weighted by Gasteiger charge is -2.18. The van der Waals surface area contributed by atoms with Crippen molar-refractivity contribution in [1.82, 2.24) is 0 Å². The van der Waals surface area contributed by atoms with Crippen molar-refractivity contribution in [1.29, 1.82) is 0 Å². The minimum atomic E-state index is -0.800. The van der Waals surface area contributed by atoms with Gasteiger partial charge in [0.15, 0.2) is 0 Å². The Bertz CT molecular complexity index is 412. The highest BCUT2D eigenvalue weighted by atomic mass is 16.4. The van der Waals surface area contributed by atoms with Crippen LogP contribution in [-0.2, 0) is 6.42 Å². The molecular formula is C19H30O2. The summed E-state index contributed by atoms with van der Waals surface area (Å²) < 4.78 is 0. The lowest BCUT2D eigenvalue weighted by atomic mass is 9.88. The van der Waals surface area contributed by atoms with E-state index < -0.39 is 5.97 Å². The molecule has 1 unspecified atom stereocenters. The first kappa shape index (κ1) is 17.7. The first-order valence-corrected chi connectivity index (χ1v) is 8.50. The fraction of sp³-hybridized carbons (Fsp3) is 0.632. The number of carboxylic acid groups (broad SMARTS) is 1. The molecule has 0 fully saturated rings. The molecule has 21 heavy (non-hydrogen) atoms. The van der Waals surface area contributed by atoms with Crippen LogP contribution in [0.15, 0.2) is 24.3 Å².